The van der Waals surface area contributed by atoms with E-state index in [0.29, 0.717) is 25.9 Å². The van der Waals surface area contributed by atoms with Crippen molar-refractivity contribution in [3.63, 3.8) is 0 Å². The largest absolute Gasteiger partial charge is 0.480 e. The minimum Gasteiger partial charge on any atom is -0.480 e. The van der Waals surface area contributed by atoms with Crippen LogP contribution in [0.5, 0.6) is 0 Å². The van der Waals surface area contributed by atoms with Crippen molar-refractivity contribution in [3.8, 4) is 0 Å². The summed E-state index contributed by atoms with van der Waals surface area (Å²) in [5.41, 5.74) is 10.5. The van der Waals surface area contributed by atoms with Crippen molar-refractivity contribution in [2.75, 3.05) is 19.6 Å². The van der Waals surface area contributed by atoms with Crippen LogP contribution in [0.1, 0.15) is 38.5 Å². The van der Waals surface area contributed by atoms with Crippen LogP contribution in [0.25, 0.3) is 0 Å². The van der Waals surface area contributed by atoms with E-state index in [0.717, 1.165) is 25.8 Å². The molecule has 2 aliphatic heterocycles. The van der Waals surface area contributed by atoms with E-state index in [1.165, 1.54) is 0 Å². The number of carbonyl (C=O) groups is 3. The minimum atomic E-state index is -1.11. The van der Waals surface area contributed by atoms with Crippen LogP contribution in [-0.2, 0) is 14.4 Å². The quantitative estimate of drug-likeness (QED) is 0.195. The van der Waals surface area contributed by atoms with Crippen LogP contribution in [0, 0.1) is 0 Å². The molecule has 0 saturated carbocycles. The molecular formula is C16H28N6O4. The lowest BCUT2D eigenvalue weighted by Gasteiger charge is -2.27. The molecule has 3 unspecified atom stereocenters. The monoisotopic (exact) mass is 368 g/mol. The molecule has 2 rings (SSSR count). The fourth-order valence-electron chi connectivity index (χ4n) is 3.43. The molecule has 2 aliphatic rings. The highest BCUT2D eigenvalue weighted by molar-refractivity contribution is 5.92. The fraction of sp³-hybridized carbons (Fsp3) is 0.750. The van der Waals surface area contributed by atoms with Gasteiger partial charge in [0.25, 0.3) is 0 Å². The predicted molar refractivity (Wildman–Crippen MR) is 95.2 cm³/mol. The third-order valence-corrected chi connectivity index (χ3v) is 4.76. The van der Waals surface area contributed by atoms with Gasteiger partial charge in [0, 0.05) is 13.1 Å². The van der Waals surface area contributed by atoms with E-state index in [4.69, 9.17) is 11.5 Å². The molecule has 0 aromatic heterocycles. The standard InChI is InChI=1S/C16H28N6O4/c17-16(18)20-8-2-5-11(15(25)26)21-13(23)12-6-3-9-22(12)14(24)10-4-1-7-19-10/h10-12,19H,1-9H2,(H,21,23)(H,25,26)(H4,17,18,20). The zero-order valence-electron chi connectivity index (χ0n) is 14.8. The number of aliphatic imine (C=N–C) groups is 1. The summed E-state index contributed by atoms with van der Waals surface area (Å²) in [6.07, 6.45) is 3.63. The highest BCUT2D eigenvalue weighted by atomic mass is 16.4. The number of amides is 2. The van der Waals surface area contributed by atoms with E-state index in [1.54, 1.807) is 4.90 Å². The molecule has 0 bridgehead atoms. The molecule has 146 valence electrons. The molecule has 10 heteroatoms. The van der Waals surface area contributed by atoms with Gasteiger partial charge in [0.1, 0.15) is 12.1 Å². The summed E-state index contributed by atoms with van der Waals surface area (Å²) < 4.78 is 0. The van der Waals surface area contributed by atoms with Crippen molar-refractivity contribution in [2.24, 2.45) is 16.5 Å². The Morgan fingerprint density at radius 3 is 2.65 bits per heavy atom. The van der Waals surface area contributed by atoms with Gasteiger partial charge in [0.2, 0.25) is 11.8 Å². The van der Waals surface area contributed by atoms with E-state index in [2.05, 4.69) is 15.6 Å². The lowest BCUT2D eigenvalue weighted by atomic mass is 10.1. The van der Waals surface area contributed by atoms with Gasteiger partial charge in [-0.15, -0.1) is 0 Å². The Hall–Kier alpha value is -2.36. The molecule has 2 heterocycles. The molecular weight excluding hydrogens is 340 g/mol. The van der Waals surface area contributed by atoms with Gasteiger partial charge in [0.05, 0.1) is 6.04 Å². The SMILES string of the molecule is NC(N)=NCCCC(NC(=O)C1CCCN1C(=O)C1CCCN1)C(=O)O. The van der Waals surface area contributed by atoms with Crippen LogP contribution in [0.4, 0.5) is 0 Å². The Balaban J connectivity index is 1.91. The zero-order chi connectivity index (χ0) is 19.1. The first kappa shape index (κ1) is 20.0. The maximum atomic E-state index is 12.6. The average molecular weight is 368 g/mol. The molecule has 0 aliphatic carbocycles. The third kappa shape index (κ3) is 5.32. The fourth-order valence-corrected chi connectivity index (χ4v) is 3.43. The number of hydrogen-bond acceptors (Lipinski definition) is 5. The lowest BCUT2D eigenvalue weighted by molar-refractivity contribution is -0.144. The number of hydrogen-bond donors (Lipinski definition) is 5. The van der Waals surface area contributed by atoms with E-state index in [-0.39, 0.29) is 24.3 Å². The van der Waals surface area contributed by atoms with Crippen LogP contribution >= 0.6 is 0 Å². The van der Waals surface area contributed by atoms with E-state index < -0.39 is 24.0 Å². The second kappa shape index (κ2) is 9.37. The summed E-state index contributed by atoms with van der Waals surface area (Å²) in [5.74, 6) is -1.65. The molecule has 2 saturated heterocycles. The second-order valence-corrected chi connectivity index (χ2v) is 6.69. The van der Waals surface area contributed by atoms with Crippen molar-refractivity contribution in [1.82, 2.24) is 15.5 Å². The number of nitrogens with zero attached hydrogens (tertiary/aromatic N) is 2. The summed E-state index contributed by atoms with van der Waals surface area (Å²) in [6.45, 7) is 1.62. The Morgan fingerprint density at radius 2 is 2.04 bits per heavy atom. The molecule has 0 aromatic carbocycles. The van der Waals surface area contributed by atoms with Crippen molar-refractivity contribution in [2.45, 2.75) is 56.7 Å². The van der Waals surface area contributed by atoms with Gasteiger partial charge in [-0.1, -0.05) is 0 Å². The summed E-state index contributed by atoms with van der Waals surface area (Å²) in [5, 5.41) is 15.0. The number of nitrogens with two attached hydrogens (primary N) is 2. The molecule has 0 radical (unpaired) electrons. The maximum absolute atomic E-state index is 12.6. The Bertz CT molecular complexity index is 557. The van der Waals surface area contributed by atoms with Crippen LogP contribution in [-0.4, -0.2) is 71.5 Å². The number of carboxylic acids is 1. The van der Waals surface area contributed by atoms with Gasteiger partial charge in [0.15, 0.2) is 5.96 Å². The van der Waals surface area contributed by atoms with Gasteiger partial charge in [-0.3, -0.25) is 14.6 Å². The number of rotatable bonds is 8. The topological polar surface area (TPSA) is 163 Å². The van der Waals surface area contributed by atoms with Crippen molar-refractivity contribution >= 4 is 23.7 Å². The summed E-state index contributed by atoms with van der Waals surface area (Å²) >= 11 is 0. The van der Waals surface area contributed by atoms with Crippen molar-refractivity contribution in [1.29, 1.82) is 0 Å². The summed E-state index contributed by atoms with van der Waals surface area (Å²) in [7, 11) is 0. The smallest absolute Gasteiger partial charge is 0.326 e. The normalized spacial score (nSPS) is 23.5. The first-order valence-corrected chi connectivity index (χ1v) is 9.02. The van der Waals surface area contributed by atoms with Crippen LogP contribution in [0.3, 0.4) is 0 Å². The summed E-state index contributed by atoms with van der Waals surface area (Å²) in [4.78, 5) is 42.0. The number of likely N-dealkylation sites (tertiary alicyclic amines) is 1. The number of carboxylic acid groups (broad SMARTS) is 1. The third-order valence-electron chi connectivity index (χ3n) is 4.76. The zero-order valence-corrected chi connectivity index (χ0v) is 14.8. The Labute approximate surface area is 152 Å². The number of carbonyl (C=O) groups excluding carboxylic acids is 2. The van der Waals surface area contributed by atoms with Crippen LogP contribution in [0.2, 0.25) is 0 Å². The molecule has 10 nitrogen and oxygen atoms in total. The van der Waals surface area contributed by atoms with Gasteiger partial charge in [-0.2, -0.15) is 0 Å². The summed E-state index contributed by atoms with van der Waals surface area (Å²) in [6, 6.07) is -1.87. The van der Waals surface area contributed by atoms with Gasteiger partial charge < -0.3 is 32.1 Å². The molecule has 0 aromatic rings. The van der Waals surface area contributed by atoms with Gasteiger partial charge in [-0.25, -0.2) is 4.79 Å². The molecule has 26 heavy (non-hydrogen) atoms. The molecule has 0 spiro atoms. The second-order valence-electron chi connectivity index (χ2n) is 6.69. The van der Waals surface area contributed by atoms with Crippen molar-refractivity contribution < 1.29 is 19.5 Å². The first-order chi connectivity index (χ1) is 12.4. The Kier molecular flexibility index (Phi) is 7.19. The first-order valence-electron chi connectivity index (χ1n) is 9.02. The van der Waals surface area contributed by atoms with Gasteiger partial charge >= 0.3 is 5.97 Å². The van der Waals surface area contributed by atoms with E-state index in [1.807, 2.05) is 0 Å². The Morgan fingerprint density at radius 1 is 1.27 bits per heavy atom. The predicted octanol–water partition coefficient (Wildman–Crippen LogP) is -1.65. The minimum absolute atomic E-state index is 0.0541. The van der Waals surface area contributed by atoms with Gasteiger partial charge in [-0.05, 0) is 45.1 Å². The highest BCUT2D eigenvalue weighted by Gasteiger charge is 2.38. The molecule has 2 amide bonds. The van der Waals surface area contributed by atoms with Crippen LogP contribution in [0.15, 0.2) is 4.99 Å². The van der Waals surface area contributed by atoms with Crippen molar-refractivity contribution in [3.05, 3.63) is 0 Å². The number of nitrogens with one attached hydrogen (secondary N) is 2. The van der Waals surface area contributed by atoms with E-state index in [9.17, 15) is 19.5 Å². The maximum Gasteiger partial charge on any atom is 0.326 e. The van der Waals surface area contributed by atoms with Crippen LogP contribution < -0.4 is 22.1 Å². The lowest BCUT2D eigenvalue weighted by Crippen LogP contribution is -2.53. The molecule has 2 fully saturated rings. The average Bonchev–Trinajstić information content (AvgIpc) is 3.27. The molecule has 3 atom stereocenters. The number of aliphatic carboxylic acids is 1. The highest BCUT2D eigenvalue weighted by Crippen LogP contribution is 2.21. The van der Waals surface area contributed by atoms with E-state index >= 15 is 0 Å². The molecule has 7 N–H and O–H groups in total. The number of guanidine groups is 1.